The van der Waals surface area contributed by atoms with Crippen LogP contribution in [-0.2, 0) is 4.84 Å². The van der Waals surface area contributed by atoms with Crippen molar-refractivity contribution >= 4 is 17.2 Å². The molecular formula is C16H16N6O2S. The smallest absolute Gasteiger partial charge is 0.238 e. The Bertz CT molecular complexity index is 905. The summed E-state index contributed by atoms with van der Waals surface area (Å²) >= 11 is 1.55. The molecule has 4 rings (SSSR count). The number of imidazole rings is 1. The lowest BCUT2D eigenvalue weighted by Crippen LogP contribution is -2.36. The van der Waals surface area contributed by atoms with E-state index in [1.165, 1.54) is 0 Å². The van der Waals surface area contributed by atoms with Crippen LogP contribution >= 0.6 is 11.3 Å². The number of ether oxygens (including phenoxy) is 1. The van der Waals surface area contributed by atoms with Crippen molar-refractivity contribution in [2.24, 2.45) is 5.16 Å². The number of methoxy groups -OCH3 is 1. The van der Waals surface area contributed by atoms with Crippen LogP contribution in [0.2, 0.25) is 0 Å². The third-order valence-electron chi connectivity index (χ3n) is 3.78. The van der Waals surface area contributed by atoms with E-state index in [2.05, 4.69) is 25.4 Å². The highest BCUT2D eigenvalue weighted by molar-refractivity contribution is 7.07. The molecule has 0 aliphatic carbocycles. The van der Waals surface area contributed by atoms with E-state index < -0.39 is 0 Å². The third-order valence-corrected chi connectivity index (χ3v) is 4.39. The fraction of sp³-hybridized carbons (Fsp3) is 0.250. The number of hydrogen-bond acceptors (Lipinski definition) is 8. The van der Waals surface area contributed by atoms with E-state index in [4.69, 9.17) is 9.57 Å². The molecular weight excluding hydrogens is 340 g/mol. The second-order valence-electron chi connectivity index (χ2n) is 5.49. The summed E-state index contributed by atoms with van der Waals surface area (Å²) in [4.78, 5) is 18.5. The first-order chi connectivity index (χ1) is 12.2. The molecule has 1 unspecified atom stereocenters. The summed E-state index contributed by atoms with van der Waals surface area (Å²) in [5.41, 5.74) is 5.09. The molecule has 9 heteroatoms. The molecule has 0 saturated heterocycles. The van der Waals surface area contributed by atoms with Gasteiger partial charge in [0.2, 0.25) is 5.88 Å². The van der Waals surface area contributed by atoms with Gasteiger partial charge in [-0.15, -0.1) is 11.3 Å². The Morgan fingerprint density at radius 2 is 2.28 bits per heavy atom. The standard InChI is InChI=1S/C16H16N6O2S/c1-10-5-22(8-17-10)14-4-3-11(20-16(14)23-2)15-19-12(6-24-21-15)13-7-25-9-18-13/h3-5,7-9,12H,6H2,1-2H3,(H,19,21). The van der Waals surface area contributed by atoms with E-state index in [0.717, 1.165) is 17.1 Å². The maximum absolute atomic E-state index is 5.45. The Balaban J connectivity index is 1.63. The van der Waals surface area contributed by atoms with Crippen molar-refractivity contribution in [2.45, 2.75) is 13.0 Å². The van der Waals surface area contributed by atoms with Gasteiger partial charge in [0.05, 0.1) is 30.3 Å². The zero-order chi connectivity index (χ0) is 17.2. The van der Waals surface area contributed by atoms with E-state index in [0.29, 0.717) is 24.0 Å². The van der Waals surface area contributed by atoms with Gasteiger partial charge in [-0.05, 0) is 19.1 Å². The number of hydrogen-bond donors (Lipinski definition) is 1. The predicted molar refractivity (Wildman–Crippen MR) is 93.1 cm³/mol. The number of nitrogens with zero attached hydrogens (tertiary/aromatic N) is 5. The van der Waals surface area contributed by atoms with Gasteiger partial charge in [0, 0.05) is 11.6 Å². The van der Waals surface area contributed by atoms with Crippen molar-refractivity contribution in [2.75, 3.05) is 13.7 Å². The Morgan fingerprint density at radius 3 is 3.00 bits per heavy atom. The Kier molecular flexibility index (Phi) is 4.06. The van der Waals surface area contributed by atoms with E-state index in [9.17, 15) is 0 Å². The van der Waals surface area contributed by atoms with Crippen LogP contribution in [0.3, 0.4) is 0 Å². The molecule has 1 N–H and O–H groups in total. The van der Waals surface area contributed by atoms with E-state index in [-0.39, 0.29) is 6.04 Å². The molecule has 3 aromatic rings. The van der Waals surface area contributed by atoms with Crippen LogP contribution in [0, 0.1) is 6.92 Å². The van der Waals surface area contributed by atoms with Gasteiger partial charge < -0.3 is 19.5 Å². The lowest BCUT2D eigenvalue weighted by molar-refractivity contribution is 0.108. The van der Waals surface area contributed by atoms with Crippen molar-refractivity contribution in [3.63, 3.8) is 0 Å². The van der Waals surface area contributed by atoms with Crippen LogP contribution in [0.1, 0.15) is 23.1 Å². The summed E-state index contributed by atoms with van der Waals surface area (Å²) < 4.78 is 7.32. The van der Waals surface area contributed by atoms with E-state index >= 15 is 0 Å². The minimum atomic E-state index is -0.0532. The highest BCUT2D eigenvalue weighted by Gasteiger charge is 2.23. The molecule has 0 spiro atoms. The largest absolute Gasteiger partial charge is 0.479 e. The molecule has 25 heavy (non-hydrogen) atoms. The van der Waals surface area contributed by atoms with Gasteiger partial charge in [0.15, 0.2) is 5.84 Å². The van der Waals surface area contributed by atoms with Gasteiger partial charge in [0.25, 0.3) is 0 Å². The van der Waals surface area contributed by atoms with Crippen molar-refractivity contribution in [3.05, 3.63) is 52.6 Å². The fourth-order valence-corrected chi connectivity index (χ4v) is 3.16. The number of amidine groups is 1. The zero-order valence-electron chi connectivity index (χ0n) is 13.7. The van der Waals surface area contributed by atoms with Crippen LogP contribution in [0.5, 0.6) is 5.88 Å². The van der Waals surface area contributed by atoms with Crippen LogP contribution < -0.4 is 10.1 Å². The molecule has 0 fully saturated rings. The molecule has 0 aromatic carbocycles. The van der Waals surface area contributed by atoms with Crippen molar-refractivity contribution in [3.8, 4) is 11.6 Å². The summed E-state index contributed by atoms with van der Waals surface area (Å²) in [5.74, 6) is 1.03. The Morgan fingerprint density at radius 1 is 1.36 bits per heavy atom. The van der Waals surface area contributed by atoms with E-state index in [1.807, 2.05) is 35.2 Å². The average molecular weight is 356 g/mol. The molecule has 1 atom stereocenters. The SMILES string of the molecule is COc1nc(C2=NOCC(c3cscn3)N2)ccc1-n1cnc(C)c1. The predicted octanol–water partition coefficient (Wildman–Crippen LogP) is 2.06. The summed E-state index contributed by atoms with van der Waals surface area (Å²) in [5, 5.41) is 9.39. The molecule has 0 saturated carbocycles. The van der Waals surface area contributed by atoms with Gasteiger partial charge in [-0.3, -0.25) is 0 Å². The number of pyridine rings is 1. The second kappa shape index (κ2) is 6.52. The fourth-order valence-electron chi connectivity index (χ4n) is 2.55. The summed E-state index contributed by atoms with van der Waals surface area (Å²) in [6.45, 7) is 2.36. The van der Waals surface area contributed by atoms with Gasteiger partial charge >= 0.3 is 0 Å². The number of thiazole rings is 1. The van der Waals surface area contributed by atoms with Gasteiger partial charge in [-0.2, -0.15) is 0 Å². The molecule has 0 radical (unpaired) electrons. The normalized spacial score (nSPS) is 16.7. The summed E-state index contributed by atoms with van der Waals surface area (Å²) in [7, 11) is 1.59. The van der Waals surface area contributed by atoms with Gasteiger partial charge in [0.1, 0.15) is 24.0 Å². The topological polar surface area (TPSA) is 86.5 Å². The molecule has 3 aromatic heterocycles. The minimum Gasteiger partial charge on any atom is -0.479 e. The Hall–Kier alpha value is -2.94. The molecule has 1 aliphatic heterocycles. The summed E-state index contributed by atoms with van der Waals surface area (Å²) in [6, 6.07) is 3.73. The van der Waals surface area contributed by atoms with E-state index in [1.54, 1.807) is 30.3 Å². The zero-order valence-corrected chi connectivity index (χ0v) is 14.5. The van der Waals surface area contributed by atoms with Crippen LogP contribution in [0.4, 0.5) is 0 Å². The molecule has 128 valence electrons. The maximum Gasteiger partial charge on any atom is 0.238 e. The highest BCUT2D eigenvalue weighted by atomic mass is 32.1. The Labute approximate surface area is 148 Å². The number of aryl methyl sites for hydroxylation is 1. The third kappa shape index (κ3) is 3.05. The van der Waals surface area contributed by atoms with Crippen LogP contribution in [-0.4, -0.2) is 39.1 Å². The molecule has 4 heterocycles. The van der Waals surface area contributed by atoms with Gasteiger partial charge in [-0.25, -0.2) is 15.0 Å². The van der Waals surface area contributed by atoms with Crippen LogP contribution in [0.25, 0.3) is 5.69 Å². The van der Waals surface area contributed by atoms with Crippen molar-refractivity contribution in [1.82, 2.24) is 24.8 Å². The van der Waals surface area contributed by atoms with Crippen molar-refractivity contribution in [1.29, 1.82) is 0 Å². The maximum atomic E-state index is 5.45. The average Bonchev–Trinajstić information content (AvgIpc) is 3.33. The quantitative estimate of drug-likeness (QED) is 0.770. The number of oxime groups is 1. The first-order valence-electron chi connectivity index (χ1n) is 7.65. The first-order valence-corrected chi connectivity index (χ1v) is 8.60. The lowest BCUT2D eigenvalue weighted by Gasteiger charge is -2.22. The first kappa shape index (κ1) is 15.6. The van der Waals surface area contributed by atoms with Crippen LogP contribution in [0.15, 0.2) is 40.7 Å². The minimum absolute atomic E-state index is 0.0532. The molecule has 8 nitrogen and oxygen atoms in total. The number of rotatable bonds is 4. The summed E-state index contributed by atoms with van der Waals surface area (Å²) in [6.07, 6.45) is 3.64. The number of nitrogens with one attached hydrogen (secondary N) is 1. The monoisotopic (exact) mass is 356 g/mol. The molecule has 1 aliphatic rings. The second-order valence-corrected chi connectivity index (χ2v) is 6.21. The van der Waals surface area contributed by atoms with Gasteiger partial charge in [-0.1, -0.05) is 5.16 Å². The molecule has 0 amide bonds. The molecule has 0 bridgehead atoms. The lowest BCUT2D eigenvalue weighted by atomic mass is 10.2. The highest BCUT2D eigenvalue weighted by Crippen LogP contribution is 2.23. The van der Waals surface area contributed by atoms with Crippen molar-refractivity contribution < 1.29 is 9.57 Å². The number of aromatic nitrogens is 4.